The van der Waals surface area contributed by atoms with Crippen molar-refractivity contribution < 1.29 is 9.18 Å². The van der Waals surface area contributed by atoms with Crippen LogP contribution in [0.1, 0.15) is 35.1 Å². The Kier molecular flexibility index (Phi) is 5.46. The lowest BCUT2D eigenvalue weighted by Gasteiger charge is -2.19. The van der Waals surface area contributed by atoms with Crippen molar-refractivity contribution in [2.45, 2.75) is 33.6 Å². The summed E-state index contributed by atoms with van der Waals surface area (Å²) in [5.41, 5.74) is 5.38. The summed E-state index contributed by atoms with van der Waals surface area (Å²) in [7, 11) is 0. The summed E-state index contributed by atoms with van der Waals surface area (Å²) in [5, 5.41) is 3.35. The van der Waals surface area contributed by atoms with Crippen LogP contribution in [-0.4, -0.2) is 24.2 Å². The molecule has 0 bridgehead atoms. The number of amides is 1. The van der Waals surface area contributed by atoms with Crippen LogP contribution >= 0.6 is 11.8 Å². The quantitative estimate of drug-likeness (QED) is 0.705. The Balaban J connectivity index is 1.59. The number of nitrogens with one attached hydrogen (secondary N) is 1. The van der Waals surface area contributed by atoms with E-state index in [4.69, 9.17) is 0 Å². The molecule has 1 amide bonds. The third-order valence-electron chi connectivity index (χ3n) is 5.16. The van der Waals surface area contributed by atoms with Gasteiger partial charge >= 0.3 is 0 Å². The van der Waals surface area contributed by atoms with Crippen LogP contribution in [0.4, 0.5) is 15.8 Å². The number of rotatable bonds is 3. The minimum atomic E-state index is -0.239. The van der Waals surface area contributed by atoms with Crippen LogP contribution < -0.4 is 10.2 Å². The van der Waals surface area contributed by atoms with Gasteiger partial charge in [-0.1, -0.05) is 6.07 Å². The molecule has 0 spiro atoms. The van der Waals surface area contributed by atoms with Crippen LogP contribution in [-0.2, 0) is 4.79 Å². The maximum Gasteiger partial charge on any atom is 0.264 e. The first-order chi connectivity index (χ1) is 13.9. The maximum absolute atomic E-state index is 14.7. The molecule has 0 radical (unpaired) electrons. The van der Waals surface area contributed by atoms with Crippen molar-refractivity contribution in [1.29, 1.82) is 0 Å². The summed E-state index contributed by atoms with van der Waals surface area (Å²) < 4.78 is 14.7. The number of benzene rings is 2. The molecular weight excluding hydrogens is 385 g/mol. The van der Waals surface area contributed by atoms with E-state index in [1.54, 1.807) is 6.08 Å². The molecule has 4 nitrogen and oxygen atoms in total. The molecule has 6 heteroatoms. The third kappa shape index (κ3) is 4.37. The van der Waals surface area contributed by atoms with Gasteiger partial charge in [-0.25, -0.2) is 9.38 Å². The lowest BCUT2D eigenvalue weighted by molar-refractivity contribution is -0.115. The number of thioether (sulfide) groups is 1. The topological polar surface area (TPSA) is 44.7 Å². The normalized spacial score (nSPS) is 19.4. The molecule has 2 aliphatic heterocycles. The van der Waals surface area contributed by atoms with Crippen LogP contribution in [0, 0.1) is 26.6 Å². The lowest BCUT2D eigenvalue weighted by atomic mass is 10.1. The van der Waals surface area contributed by atoms with Gasteiger partial charge in [0.2, 0.25) is 0 Å². The number of halogens is 1. The second-order valence-electron chi connectivity index (χ2n) is 7.68. The van der Waals surface area contributed by atoms with E-state index < -0.39 is 0 Å². The second kappa shape index (κ2) is 8.03. The fourth-order valence-electron chi connectivity index (χ4n) is 3.79. The maximum atomic E-state index is 14.7. The highest BCUT2D eigenvalue weighted by atomic mass is 32.2. The minimum Gasteiger partial charge on any atom is -0.369 e. The van der Waals surface area contributed by atoms with Crippen molar-refractivity contribution >= 4 is 40.3 Å². The average Bonchev–Trinajstić information content (AvgIpc) is 3.27. The molecule has 2 aromatic rings. The number of carbonyl (C=O) groups is 1. The molecule has 0 aromatic heterocycles. The Morgan fingerprint density at radius 1 is 1.07 bits per heavy atom. The van der Waals surface area contributed by atoms with Gasteiger partial charge in [-0.2, -0.15) is 0 Å². The molecule has 4 rings (SSSR count). The second-order valence-corrected chi connectivity index (χ2v) is 8.71. The van der Waals surface area contributed by atoms with Gasteiger partial charge in [0.1, 0.15) is 5.82 Å². The molecule has 2 heterocycles. The van der Waals surface area contributed by atoms with Gasteiger partial charge < -0.3 is 10.2 Å². The molecule has 0 unspecified atom stereocenters. The van der Waals surface area contributed by atoms with Gasteiger partial charge in [0.05, 0.1) is 16.3 Å². The van der Waals surface area contributed by atoms with Crippen molar-refractivity contribution in [2.24, 2.45) is 4.99 Å². The number of carbonyl (C=O) groups excluding carboxylic acids is 1. The zero-order valence-corrected chi connectivity index (χ0v) is 17.7. The first-order valence-electron chi connectivity index (χ1n) is 9.82. The van der Waals surface area contributed by atoms with E-state index in [1.807, 2.05) is 39.0 Å². The van der Waals surface area contributed by atoms with E-state index >= 15 is 0 Å². The summed E-state index contributed by atoms with van der Waals surface area (Å²) >= 11 is 1.28. The molecule has 0 saturated carbocycles. The number of hydrogen-bond donors (Lipinski definition) is 1. The number of nitrogens with zero attached hydrogens (tertiary/aromatic N) is 2. The molecule has 0 aliphatic carbocycles. The predicted molar refractivity (Wildman–Crippen MR) is 119 cm³/mol. The monoisotopic (exact) mass is 409 g/mol. The Morgan fingerprint density at radius 3 is 2.45 bits per heavy atom. The van der Waals surface area contributed by atoms with Gasteiger partial charge in [0, 0.05) is 13.1 Å². The fourth-order valence-corrected chi connectivity index (χ4v) is 4.62. The third-order valence-corrected chi connectivity index (χ3v) is 6.07. The van der Waals surface area contributed by atoms with Crippen LogP contribution in [0.25, 0.3) is 6.08 Å². The summed E-state index contributed by atoms with van der Waals surface area (Å²) in [6.07, 6.45) is 3.95. The number of aryl methyl sites for hydroxylation is 3. The molecule has 2 aliphatic rings. The molecule has 29 heavy (non-hydrogen) atoms. The highest BCUT2D eigenvalue weighted by molar-refractivity contribution is 8.18. The van der Waals surface area contributed by atoms with Gasteiger partial charge in [0.25, 0.3) is 5.91 Å². The summed E-state index contributed by atoms with van der Waals surface area (Å²) in [5.74, 6) is -0.446. The van der Waals surface area contributed by atoms with Crippen molar-refractivity contribution in [3.63, 3.8) is 0 Å². The number of aliphatic imine (C=N–C) groups is 1. The molecular formula is C23H24FN3OS. The zero-order chi connectivity index (χ0) is 20.5. The zero-order valence-electron chi connectivity index (χ0n) is 16.9. The Hall–Kier alpha value is -2.60. The molecule has 150 valence electrons. The fraction of sp³-hybridized carbons (Fsp3) is 0.304. The standard InChI is InChI=1S/C23H24FN3OS/c1-14-8-15(2)10-18(9-14)25-23-26-22(28)21(29-23)13-17-12-19(24)20(11-16(17)3)27-6-4-5-7-27/h8-13H,4-7H2,1-3H3,(H,25,26,28). The summed E-state index contributed by atoms with van der Waals surface area (Å²) in [6, 6.07) is 9.45. The highest BCUT2D eigenvalue weighted by Crippen LogP contribution is 2.32. The SMILES string of the molecule is Cc1cc(C)cc(N=C2NC(=O)C(=Cc3cc(F)c(N4CCCC4)cc3C)S2)c1. The number of amidine groups is 1. The van der Waals surface area contributed by atoms with Crippen molar-refractivity contribution in [2.75, 3.05) is 18.0 Å². The average molecular weight is 410 g/mol. The summed E-state index contributed by atoms with van der Waals surface area (Å²) in [4.78, 5) is 19.6. The Bertz CT molecular complexity index is 1020. The minimum absolute atomic E-state index is 0.207. The molecule has 2 fully saturated rings. The van der Waals surface area contributed by atoms with Gasteiger partial charge in [-0.15, -0.1) is 0 Å². The van der Waals surface area contributed by atoms with E-state index in [-0.39, 0.29) is 11.7 Å². The molecule has 0 atom stereocenters. The predicted octanol–water partition coefficient (Wildman–Crippen LogP) is 5.24. The van der Waals surface area contributed by atoms with E-state index in [0.717, 1.165) is 53.9 Å². The van der Waals surface area contributed by atoms with Crippen LogP contribution in [0.2, 0.25) is 0 Å². The van der Waals surface area contributed by atoms with E-state index in [2.05, 4.69) is 21.3 Å². The molecule has 2 aromatic carbocycles. The van der Waals surface area contributed by atoms with Gasteiger partial charge in [-0.3, -0.25) is 4.79 Å². The first kappa shape index (κ1) is 19.7. The van der Waals surface area contributed by atoms with Crippen molar-refractivity contribution in [1.82, 2.24) is 5.32 Å². The van der Waals surface area contributed by atoms with E-state index in [1.165, 1.54) is 17.8 Å². The highest BCUT2D eigenvalue weighted by Gasteiger charge is 2.25. The van der Waals surface area contributed by atoms with Crippen molar-refractivity contribution in [3.8, 4) is 0 Å². The Labute approximate surface area is 174 Å². The van der Waals surface area contributed by atoms with E-state index in [0.29, 0.717) is 15.8 Å². The first-order valence-corrected chi connectivity index (χ1v) is 10.6. The number of hydrogen-bond acceptors (Lipinski definition) is 4. The van der Waals surface area contributed by atoms with Gasteiger partial charge in [-0.05, 0) is 98.0 Å². The van der Waals surface area contributed by atoms with Crippen LogP contribution in [0.15, 0.2) is 40.2 Å². The lowest BCUT2D eigenvalue weighted by Crippen LogP contribution is -2.19. The van der Waals surface area contributed by atoms with Crippen LogP contribution in [0.3, 0.4) is 0 Å². The molecule has 1 N–H and O–H groups in total. The molecule has 2 saturated heterocycles. The van der Waals surface area contributed by atoms with Crippen molar-refractivity contribution in [3.05, 3.63) is 63.3 Å². The van der Waals surface area contributed by atoms with Gasteiger partial charge in [0.15, 0.2) is 5.17 Å². The largest absolute Gasteiger partial charge is 0.369 e. The van der Waals surface area contributed by atoms with Crippen LogP contribution in [0.5, 0.6) is 0 Å². The Morgan fingerprint density at radius 2 is 1.76 bits per heavy atom. The smallest absolute Gasteiger partial charge is 0.264 e. The summed E-state index contributed by atoms with van der Waals surface area (Å²) in [6.45, 7) is 7.78. The number of anilines is 1. The van der Waals surface area contributed by atoms with E-state index in [9.17, 15) is 9.18 Å².